The first-order chi connectivity index (χ1) is 16.4. The van der Waals surface area contributed by atoms with Crippen molar-refractivity contribution in [2.24, 2.45) is 7.05 Å². The van der Waals surface area contributed by atoms with Gasteiger partial charge in [-0.25, -0.2) is 14.4 Å². The van der Waals surface area contributed by atoms with Crippen LogP contribution in [0.2, 0.25) is 0 Å². The molecule has 34 heavy (non-hydrogen) atoms. The zero-order valence-electron chi connectivity index (χ0n) is 17.9. The first-order valence-electron chi connectivity index (χ1n) is 10.3. The topological polar surface area (TPSA) is 108 Å². The van der Waals surface area contributed by atoms with Crippen LogP contribution in [0.5, 0.6) is 0 Å². The molecular weight excluding hydrogens is 458 g/mol. The number of carbonyl (C=O) groups is 3. The fourth-order valence-corrected chi connectivity index (χ4v) is 4.82. The predicted molar refractivity (Wildman–Crippen MR) is 124 cm³/mol. The van der Waals surface area contributed by atoms with Gasteiger partial charge in [0.05, 0.1) is 11.9 Å². The summed E-state index contributed by atoms with van der Waals surface area (Å²) in [6.07, 6.45) is 0. The number of benzene rings is 2. The summed E-state index contributed by atoms with van der Waals surface area (Å²) in [5, 5.41) is 0.0104. The third kappa shape index (κ3) is 3.44. The van der Waals surface area contributed by atoms with Gasteiger partial charge in [0.1, 0.15) is 16.3 Å². The van der Waals surface area contributed by atoms with Crippen LogP contribution in [0.15, 0.2) is 70.3 Å². The van der Waals surface area contributed by atoms with Gasteiger partial charge >= 0.3 is 17.7 Å². The Hall–Kier alpha value is -4.31. The van der Waals surface area contributed by atoms with Crippen molar-refractivity contribution in [1.29, 1.82) is 0 Å². The van der Waals surface area contributed by atoms with Crippen molar-refractivity contribution in [1.82, 2.24) is 14.0 Å². The molecule has 170 valence electrons. The van der Waals surface area contributed by atoms with Gasteiger partial charge in [-0.1, -0.05) is 48.5 Å². The molecule has 0 bridgehead atoms. The number of esters is 1. The van der Waals surface area contributed by atoms with Crippen molar-refractivity contribution in [2.75, 3.05) is 0 Å². The first-order valence-corrected chi connectivity index (χ1v) is 11.1. The third-order valence-corrected chi connectivity index (χ3v) is 6.78. The van der Waals surface area contributed by atoms with E-state index >= 15 is 0 Å². The van der Waals surface area contributed by atoms with E-state index in [9.17, 15) is 24.0 Å². The number of fused-ring (bicyclic) bond motifs is 2. The highest BCUT2D eigenvalue weighted by atomic mass is 32.1. The van der Waals surface area contributed by atoms with Gasteiger partial charge in [-0.15, -0.1) is 11.3 Å². The van der Waals surface area contributed by atoms with Crippen LogP contribution in [0.3, 0.4) is 0 Å². The second-order valence-electron chi connectivity index (χ2n) is 7.70. The Bertz CT molecular complexity index is 1600. The van der Waals surface area contributed by atoms with Gasteiger partial charge in [-0.3, -0.25) is 19.1 Å². The molecule has 3 heterocycles. The number of amides is 2. The minimum atomic E-state index is -1.03. The third-order valence-electron chi connectivity index (χ3n) is 5.59. The number of rotatable bonds is 3. The standard InChI is InChI=1S/C24H17N3O6S/c1-25-21-17(11-18(34-21)22(30)33-13-14-7-3-2-4-8-14)20(29)27(23(25)31)24(32)26-12-15-9-5-6-10-16(15)19(26)28/h2-11H,12-13H2,1H3. The molecule has 0 fully saturated rings. The zero-order chi connectivity index (χ0) is 24.0. The highest BCUT2D eigenvalue weighted by Crippen LogP contribution is 2.25. The van der Waals surface area contributed by atoms with Gasteiger partial charge in [0.15, 0.2) is 0 Å². The molecule has 0 radical (unpaired) electrons. The van der Waals surface area contributed by atoms with E-state index in [1.54, 1.807) is 24.3 Å². The normalized spacial score (nSPS) is 12.7. The van der Waals surface area contributed by atoms with Crippen molar-refractivity contribution < 1.29 is 19.1 Å². The molecule has 10 heteroatoms. The molecule has 0 saturated heterocycles. The first kappa shape index (κ1) is 21.5. The number of carbonyl (C=O) groups excluding carboxylic acids is 3. The Labute approximate surface area is 196 Å². The van der Waals surface area contributed by atoms with Crippen molar-refractivity contribution in [3.8, 4) is 0 Å². The van der Waals surface area contributed by atoms with Gasteiger partial charge in [0.25, 0.3) is 11.5 Å². The second-order valence-corrected chi connectivity index (χ2v) is 8.74. The van der Waals surface area contributed by atoms with Gasteiger partial charge in [0.2, 0.25) is 0 Å². The highest BCUT2D eigenvalue weighted by Gasteiger charge is 2.34. The van der Waals surface area contributed by atoms with Crippen molar-refractivity contribution >= 4 is 39.5 Å². The number of nitrogens with zero attached hydrogens (tertiary/aromatic N) is 3. The van der Waals surface area contributed by atoms with Crippen LogP contribution in [0.4, 0.5) is 4.79 Å². The van der Waals surface area contributed by atoms with Crippen molar-refractivity contribution in [3.63, 3.8) is 0 Å². The summed E-state index contributed by atoms with van der Waals surface area (Å²) < 4.78 is 6.86. The Morgan fingerprint density at radius 2 is 1.71 bits per heavy atom. The Morgan fingerprint density at radius 1 is 1.00 bits per heavy atom. The summed E-state index contributed by atoms with van der Waals surface area (Å²) in [7, 11) is 1.39. The highest BCUT2D eigenvalue weighted by molar-refractivity contribution is 7.20. The monoisotopic (exact) mass is 475 g/mol. The van der Waals surface area contributed by atoms with E-state index < -0.39 is 29.2 Å². The fraction of sp³-hybridized carbons (Fsp3) is 0.125. The van der Waals surface area contributed by atoms with E-state index in [1.165, 1.54) is 13.1 Å². The van der Waals surface area contributed by atoms with E-state index in [0.29, 0.717) is 15.7 Å². The number of hydrogen-bond acceptors (Lipinski definition) is 7. The van der Waals surface area contributed by atoms with Crippen LogP contribution in [0.1, 0.15) is 31.2 Å². The maximum absolute atomic E-state index is 13.1. The van der Waals surface area contributed by atoms with E-state index in [0.717, 1.165) is 26.4 Å². The predicted octanol–water partition coefficient (Wildman–Crippen LogP) is 2.74. The van der Waals surface area contributed by atoms with Crippen LogP contribution in [-0.4, -0.2) is 31.9 Å². The lowest BCUT2D eigenvalue weighted by Crippen LogP contribution is -2.48. The molecule has 2 amide bonds. The molecule has 2 aromatic carbocycles. The van der Waals surface area contributed by atoms with Crippen LogP contribution >= 0.6 is 11.3 Å². The summed E-state index contributed by atoms with van der Waals surface area (Å²) in [4.78, 5) is 65.7. The minimum absolute atomic E-state index is 0.0104. The lowest BCUT2D eigenvalue weighted by molar-refractivity contribution is 0.0478. The van der Waals surface area contributed by atoms with E-state index in [4.69, 9.17) is 4.74 Å². The molecule has 5 rings (SSSR count). The summed E-state index contributed by atoms with van der Waals surface area (Å²) in [6.45, 7) is 0.00929. The van der Waals surface area contributed by atoms with Crippen LogP contribution in [-0.2, 0) is 24.9 Å². The summed E-state index contributed by atoms with van der Waals surface area (Å²) in [5.74, 6) is -1.23. The molecule has 0 atom stereocenters. The average Bonchev–Trinajstić information content (AvgIpc) is 3.45. The molecule has 0 N–H and O–H groups in total. The Balaban J connectivity index is 1.49. The molecule has 0 aliphatic carbocycles. The largest absolute Gasteiger partial charge is 0.457 e. The molecule has 4 aromatic rings. The molecule has 1 aliphatic rings. The summed E-state index contributed by atoms with van der Waals surface area (Å²) >= 11 is 0.922. The minimum Gasteiger partial charge on any atom is -0.457 e. The van der Waals surface area contributed by atoms with E-state index in [-0.39, 0.29) is 28.2 Å². The lowest BCUT2D eigenvalue weighted by Gasteiger charge is -2.15. The van der Waals surface area contributed by atoms with Crippen LogP contribution < -0.4 is 11.2 Å². The molecule has 0 unspecified atom stereocenters. The number of ether oxygens (including phenoxy) is 1. The van der Waals surface area contributed by atoms with Gasteiger partial charge in [-0.05, 0) is 23.3 Å². The van der Waals surface area contributed by atoms with E-state index in [1.807, 2.05) is 30.3 Å². The molecule has 9 nitrogen and oxygen atoms in total. The molecule has 0 spiro atoms. The van der Waals surface area contributed by atoms with E-state index in [2.05, 4.69) is 0 Å². The van der Waals surface area contributed by atoms with Crippen LogP contribution in [0.25, 0.3) is 10.2 Å². The molecule has 2 aromatic heterocycles. The summed E-state index contributed by atoms with van der Waals surface area (Å²) in [6, 6.07) is 16.1. The maximum Gasteiger partial charge on any atom is 0.348 e. The zero-order valence-corrected chi connectivity index (χ0v) is 18.7. The average molecular weight is 475 g/mol. The number of thiophene rings is 1. The number of aryl methyl sites for hydroxylation is 1. The Morgan fingerprint density at radius 3 is 2.44 bits per heavy atom. The SMILES string of the molecule is Cn1c(=O)n(C(=O)N2Cc3ccccc3C2=O)c(=O)c2cc(C(=O)OCc3ccccc3)sc21. The molecular formula is C24H17N3O6S. The molecule has 0 saturated carbocycles. The Kier molecular flexibility index (Phi) is 5.21. The fourth-order valence-electron chi connectivity index (χ4n) is 3.82. The number of aromatic nitrogens is 2. The maximum atomic E-state index is 13.1. The van der Waals surface area contributed by atoms with Crippen LogP contribution in [0, 0.1) is 0 Å². The van der Waals surface area contributed by atoms with Crippen molar-refractivity contribution in [2.45, 2.75) is 13.2 Å². The molecule has 1 aliphatic heterocycles. The van der Waals surface area contributed by atoms with Gasteiger partial charge < -0.3 is 4.74 Å². The smallest absolute Gasteiger partial charge is 0.348 e. The van der Waals surface area contributed by atoms with Crippen molar-refractivity contribution in [3.05, 3.63) is 103 Å². The number of imide groups is 1. The summed E-state index contributed by atoms with van der Waals surface area (Å²) in [5.41, 5.74) is -0.0253. The van der Waals surface area contributed by atoms with Gasteiger partial charge in [0, 0.05) is 12.6 Å². The quantitative estimate of drug-likeness (QED) is 0.422. The number of hydrogen-bond donors (Lipinski definition) is 0. The second kappa shape index (κ2) is 8.23. The lowest BCUT2D eigenvalue weighted by atomic mass is 10.1. The van der Waals surface area contributed by atoms with Gasteiger partial charge in [-0.2, -0.15) is 4.57 Å².